The summed E-state index contributed by atoms with van der Waals surface area (Å²) in [7, 11) is 0. The second kappa shape index (κ2) is 9.18. The highest BCUT2D eigenvalue weighted by molar-refractivity contribution is 6.32. The van der Waals surface area contributed by atoms with Gasteiger partial charge in [0.25, 0.3) is 5.91 Å². The Labute approximate surface area is 156 Å². The van der Waals surface area contributed by atoms with Gasteiger partial charge in [0.1, 0.15) is 5.75 Å². The van der Waals surface area contributed by atoms with E-state index in [-0.39, 0.29) is 35.4 Å². The second-order valence-corrected chi connectivity index (χ2v) is 6.00. The molecule has 0 aliphatic heterocycles. The molecule has 7 heteroatoms. The van der Waals surface area contributed by atoms with E-state index in [4.69, 9.17) is 27.3 Å². The molecule has 0 saturated heterocycles. The fourth-order valence-corrected chi connectivity index (χ4v) is 2.48. The minimum absolute atomic E-state index is 0.110. The number of hydrogen-bond acceptors (Lipinski definition) is 4. The van der Waals surface area contributed by atoms with Gasteiger partial charge in [-0.3, -0.25) is 4.79 Å². The normalized spacial score (nSPS) is 11.5. The van der Waals surface area contributed by atoms with Crippen LogP contribution in [0.1, 0.15) is 41.7 Å². The maximum atomic E-state index is 14.7. The smallest absolute Gasteiger partial charge is 0.251 e. The van der Waals surface area contributed by atoms with Crippen LogP contribution in [-0.2, 0) is 0 Å². The van der Waals surface area contributed by atoms with Crippen LogP contribution in [0.3, 0.4) is 0 Å². The SMILES string of the molecule is CC[C@@H](N)c1ccc(Cl)c(Oc2cccc(C(=O)NCCC#N)c2)c1F. The maximum absolute atomic E-state index is 14.7. The van der Waals surface area contributed by atoms with Crippen molar-refractivity contribution in [2.45, 2.75) is 25.8 Å². The third-order valence-corrected chi connectivity index (χ3v) is 4.05. The van der Waals surface area contributed by atoms with Gasteiger partial charge in [-0.05, 0) is 30.7 Å². The van der Waals surface area contributed by atoms with Crippen LogP contribution < -0.4 is 15.8 Å². The van der Waals surface area contributed by atoms with Gasteiger partial charge in [0.2, 0.25) is 0 Å². The highest BCUT2D eigenvalue weighted by Crippen LogP contribution is 2.36. The van der Waals surface area contributed by atoms with E-state index in [1.807, 2.05) is 13.0 Å². The number of nitrogens with two attached hydrogens (primary N) is 1. The van der Waals surface area contributed by atoms with Crippen molar-refractivity contribution in [3.05, 3.63) is 58.4 Å². The molecule has 2 rings (SSSR count). The van der Waals surface area contributed by atoms with Crippen molar-refractivity contribution < 1.29 is 13.9 Å². The molecule has 0 aliphatic rings. The van der Waals surface area contributed by atoms with Crippen molar-refractivity contribution in [2.24, 2.45) is 5.73 Å². The molecule has 26 heavy (non-hydrogen) atoms. The molecular weight excluding hydrogens is 357 g/mol. The van der Waals surface area contributed by atoms with Gasteiger partial charge >= 0.3 is 0 Å². The predicted octanol–water partition coefficient (Wildman–Crippen LogP) is 4.32. The topological polar surface area (TPSA) is 88.1 Å². The second-order valence-electron chi connectivity index (χ2n) is 5.59. The highest BCUT2D eigenvalue weighted by Gasteiger charge is 2.18. The molecule has 0 heterocycles. The van der Waals surface area contributed by atoms with Gasteiger partial charge in [0, 0.05) is 23.7 Å². The molecular formula is C19H19ClFN3O2. The molecule has 1 atom stereocenters. The standard InChI is InChI=1S/C19H19ClFN3O2/c1-2-16(23)14-7-8-15(20)18(17(14)21)26-13-6-3-5-12(11-13)19(25)24-10-4-9-22/h3,5-8,11,16H,2,4,10,23H2,1H3,(H,24,25)/t16-/m1/s1. The van der Waals surface area contributed by atoms with Gasteiger partial charge in [-0.15, -0.1) is 0 Å². The lowest BCUT2D eigenvalue weighted by Crippen LogP contribution is -2.24. The van der Waals surface area contributed by atoms with Crippen molar-refractivity contribution in [2.75, 3.05) is 6.54 Å². The summed E-state index contributed by atoms with van der Waals surface area (Å²) in [6.07, 6.45) is 0.781. The van der Waals surface area contributed by atoms with Crippen LogP contribution in [0.2, 0.25) is 5.02 Å². The van der Waals surface area contributed by atoms with Crippen LogP contribution in [-0.4, -0.2) is 12.5 Å². The Bertz CT molecular complexity index is 836. The molecule has 3 N–H and O–H groups in total. The van der Waals surface area contributed by atoms with Crippen LogP contribution >= 0.6 is 11.6 Å². The average Bonchev–Trinajstić information content (AvgIpc) is 2.65. The van der Waals surface area contributed by atoms with E-state index < -0.39 is 11.9 Å². The zero-order valence-corrected chi connectivity index (χ0v) is 15.0. The Balaban J connectivity index is 2.25. The molecule has 2 aromatic carbocycles. The minimum atomic E-state index is -0.615. The molecule has 1 amide bonds. The van der Waals surface area contributed by atoms with E-state index in [0.29, 0.717) is 17.5 Å². The summed E-state index contributed by atoms with van der Waals surface area (Å²) in [5, 5.41) is 11.2. The van der Waals surface area contributed by atoms with Crippen molar-refractivity contribution in [1.82, 2.24) is 5.32 Å². The molecule has 5 nitrogen and oxygen atoms in total. The number of nitrogens with one attached hydrogen (secondary N) is 1. The Morgan fingerprint density at radius 3 is 2.88 bits per heavy atom. The highest BCUT2D eigenvalue weighted by atomic mass is 35.5. The summed E-state index contributed by atoms with van der Waals surface area (Å²) >= 11 is 6.07. The first-order chi connectivity index (χ1) is 12.5. The molecule has 0 unspecified atom stereocenters. The molecule has 0 saturated carbocycles. The van der Waals surface area contributed by atoms with Gasteiger partial charge < -0.3 is 15.8 Å². The Morgan fingerprint density at radius 2 is 2.19 bits per heavy atom. The van der Waals surface area contributed by atoms with Crippen LogP contribution in [0.4, 0.5) is 4.39 Å². The number of nitrogens with zero attached hydrogens (tertiary/aromatic N) is 1. The predicted molar refractivity (Wildman–Crippen MR) is 97.7 cm³/mol. The number of carbonyl (C=O) groups is 1. The van der Waals surface area contributed by atoms with Gasteiger partial charge in [0.15, 0.2) is 11.6 Å². The number of carbonyl (C=O) groups excluding carboxylic acids is 1. The molecule has 0 aromatic heterocycles. The number of amides is 1. The van der Waals surface area contributed by atoms with E-state index in [1.165, 1.54) is 18.2 Å². The van der Waals surface area contributed by atoms with E-state index in [9.17, 15) is 9.18 Å². The van der Waals surface area contributed by atoms with E-state index in [2.05, 4.69) is 5.32 Å². The van der Waals surface area contributed by atoms with Gasteiger partial charge in [-0.25, -0.2) is 4.39 Å². The monoisotopic (exact) mass is 375 g/mol. The molecule has 0 bridgehead atoms. The Kier molecular flexibility index (Phi) is 6.96. The number of nitriles is 1. The lowest BCUT2D eigenvalue weighted by molar-refractivity contribution is 0.0954. The fourth-order valence-electron chi connectivity index (χ4n) is 2.30. The maximum Gasteiger partial charge on any atom is 0.251 e. The van der Waals surface area contributed by atoms with Crippen LogP contribution in [0.5, 0.6) is 11.5 Å². The van der Waals surface area contributed by atoms with Gasteiger partial charge in [0.05, 0.1) is 17.5 Å². The van der Waals surface area contributed by atoms with Crippen LogP contribution in [0.25, 0.3) is 0 Å². The van der Waals surface area contributed by atoms with Crippen LogP contribution in [0.15, 0.2) is 36.4 Å². The number of halogens is 2. The number of hydrogen-bond donors (Lipinski definition) is 2. The van der Waals surface area contributed by atoms with Crippen molar-refractivity contribution >= 4 is 17.5 Å². The zero-order valence-electron chi connectivity index (χ0n) is 14.3. The summed E-state index contributed by atoms with van der Waals surface area (Å²) in [4.78, 5) is 12.0. The first-order valence-electron chi connectivity index (χ1n) is 8.14. The molecule has 0 aliphatic carbocycles. The summed E-state index contributed by atoms with van der Waals surface area (Å²) in [5.41, 5.74) is 6.56. The van der Waals surface area contributed by atoms with Crippen molar-refractivity contribution in [1.29, 1.82) is 5.26 Å². The van der Waals surface area contributed by atoms with E-state index >= 15 is 0 Å². The van der Waals surface area contributed by atoms with Crippen molar-refractivity contribution in [3.8, 4) is 17.6 Å². The fraction of sp³-hybridized carbons (Fsp3) is 0.263. The third-order valence-electron chi connectivity index (χ3n) is 3.76. The molecule has 2 aromatic rings. The number of ether oxygens (including phenoxy) is 1. The Hall–Kier alpha value is -2.62. The van der Waals surface area contributed by atoms with E-state index in [0.717, 1.165) is 0 Å². The first-order valence-corrected chi connectivity index (χ1v) is 8.52. The summed E-state index contributed by atoms with van der Waals surface area (Å²) in [5.74, 6) is -0.828. The third kappa shape index (κ3) is 4.72. The van der Waals surface area contributed by atoms with E-state index in [1.54, 1.807) is 18.2 Å². The zero-order chi connectivity index (χ0) is 19.1. The van der Waals surface area contributed by atoms with Gasteiger partial charge in [-0.2, -0.15) is 5.26 Å². The van der Waals surface area contributed by atoms with Gasteiger partial charge in [-0.1, -0.05) is 30.7 Å². The Morgan fingerprint density at radius 1 is 1.42 bits per heavy atom. The largest absolute Gasteiger partial charge is 0.453 e. The molecule has 0 fully saturated rings. The number of rotatable bonds is 7. The first kappa shape index (κ1) is 19.7. The number of benzene rings is 2. The molecule has 0 radical (unpaired) electrons. The minimum Gasteiger partial charge on any atom is -0.453 e. The quantitative estimate of drug-likeness (QED) is 0.705. The van der Waals surface area contributed by atoms with Crippen molar-refractivity contribution in [3.63, 3.8) is 0 Å². The molecule has 0 spiro atoms. The summed E-state index contributed by atoms with van der Waals surface area (Å²) in [6.45, 7) is 2.10. The lowest BCUT2D eigenvalue weighted by atomic mass is 10.0. The lowest BCUT2D eigenvalue weighted by Gasteiger charge is -2.15. The average molecular weight is 376 g/mol. The van der Waals surface area contributed by atoms with Crippen LogP contribution in [0, 0.1) is 17.1 Å². The molecule has 136 valence electrons. The summed E-state index contributed by atoms with van der Waals surface area (Å²) in [6, 6.07) is 10.8. The summed E-state index contributed by atoms with van der Waals surface area (Å²) < 4.78 is 20.3.